The molecule has 5 heteroatoms. The third kappa shape index (κ3) is 5.11. The Bertz CT molecular complexity index is 230. The Morgan fingerprint density at radius 2 is 1.94 bits per heavy atom. The predicted molar refractivity (Wildman–Crippen MR) is 59.9 cm³/mol. The Balaban J connectivity index is 4.31. The first-order valence-corrected chi connectivity index (χ1v) is 5.51. The fourth-order valence-corrected chi connectivity index (χ4v) is 1.21. The van der Waals surface area contributed by atoms with Crippen molar-refractivity contribution >= 4 is 11.9 Å². The van der Waals surface area contributed by atoms with Gasteiger partial charge in [0.25, 0.3) is 0 Å². The summed E-state index contributed by atoms with van der Waals surface area (Å²) in [5, 5.41) is 2.61. The van der Waals surface area contributed by atoms with Crippen molar-refractivity contribution < 1.29 is 19.1 Å². The van der Waals surface area contributed by atoms with Gasteiger partial charge in [-0.25, -0.2) is 4.79 Å². The third-order valence-electron chi connectivity index (χ3n) is 2.42. The summed E-state index contributed by atoms with van der Waals surface area (Å²) in [6, 6.07) is -0.594. The van der Waals surface area contributed by atoms with Gasteiger partial charge in [-0.15, -0.1) is 0 Å². The molecule has 94 valence electrons. The van der Waals surface area contributed by atoms with Crippen LogP contribution in [0.5, 0.6) is 0 Å². The zero-order chi connectivity index (χ0) is 12.6. The Kier molecular flexibility index (Phi) is 7.54. The molecule has 0 radical (unpaired) electrons. The zero-order valence-corrected chi connectivity index (χ0v) is 10.4. The molecule has 0 aliphatic heterocycles. The van der Waals surface area contributed by atoms with E-state index in [4.69, 9.17) is 4.74 Å². The Morgan fingerprint density at radius 1 is 1.31 bits per heavy atom. The van der Waals surface area contributed by atoms with Crippen LogP contribution in [0.15, 0.2) is 0 Å². The van der Waals surface area contributed by atoms with Crippen LogP contribution in [-0.2, 0) is 19.1 Å². The van der Waals surface area contributed by atoms with Gasteiger partial charge in [-0.2, -0.15) is 0 Å². The number of esters is 1. The summed E-state index contributed by atoms with van der Waals surface area (Å²) in [6.45, 7) is 6.09. The minimum Gasteiger partial charge on any atom is -0.467 e. The SMILES string of the molecule is CCOCC(=O)N[C@@H](C(=O)OC)[C@H](C)CC. The number of rotatable bonds is 7. The second kappa shape index (κ2) is 8.10. The number of nitrogens with one attached hydrogen (secondary N) is 1. The maximum Gasteiger partial charge on any atom is 0.328 e. The van der Waals surface area contributed by atoms with E-state index >= 15 is 0 Å². The molecule has 0 aromatic rings. The lowest BCUT2D eigenvalue weighted by molar-refractivity contribution is -0.147. The number of methoxy groups -OCH3 is 1. The number of carbonyl (C=O) groups is 2. The molecule has 16 heavy (non-hydrogen) atoms. The fraction of sp³-hybridized carbons (Fsp3) is 0.818. The normalized spacial score (nSPS) is 14.0. The molecule has 0 heterocycles. The lowest BCUT2D eigenvalue weighted by atomic mass is 9.99. The molecular weight excluding hydrogens is 210 g/mol. The van der Waals surface area contributed by atoms with Crippen molar-refractivity contribution in [2.24, 2.45) is 5.92 Å². The maximum atomic E-state index is 11.4. The molecule has 0 aliphatic rings. The van der Waals surface area contributed by atoms with Crippen LogP contribution in [0.25, 0.3) is 0 Å². The average molecular weight is 231 g/mol. The standard InChI is InChI=1S/C11H21NO4/c1-5-8(3)10(11(14)15-4)12-9(13)7-16-6-2/h8,10H,5-7H2,1-4H3,(H,12,13)/t8-,10-/m1/s1. The summed E-state index contributed by atoms with van der Waals surface area (Å²) in [6.07, 6.45) is 0.786. The lowest BCUT2D eigenvalue weighted by Crippen LogP contribution is -2.46. The van der Waals surface area contributed by atoms with E-state index < -0.39 is 12.0 Å². The third-order valence-corrected chi connectivity index (χ3v) is 2.42. The van der Waals surface area contributed by atoms with Gasteiger partial charge in [0.1, 0.15) is 12.6 Å². The molecule has 1 amide bonds. The van der Waals surface area contributed by atoms with Gasteiger partial charge in [0.05, 0.1) is 7.11 Å². The monoisotopic (exact) mass is 231 g/mol. The molecule has 5 nitrogen and oxygen atoms in total. The van der Waals surface area contributed by atoms with E-state index in [9.17, 15) is 9.59 Å². The second-order valence-electron chi connectivity index (χ2n) is 3.59. The first kappa shape index (κ1) is 14.9. The first-order chi connectivity index (χ1) is 7.56. The van der Waals surface area contributed by atoms with Crippen molar-refractivity contribution in [3.05, 3.63) is 0 Å². The van der Waals surface area contributed by atoms with Gasteiger partial charge in [0, 0.05) is 6.61 Å². The highest BCUT2D eigenvalue weighted by Gasteiger charge is 2.26. The maximum absolute atomic E-state index is 11.4. The van der Waals surface area contributed by atoms with Gasteiger partial charge in [0.2, 0.25) is 5.91 Å². The van der Waals surface area contributed by atoms with Gasteiger partial charge < -0.3 is 14.8 Å². The molecule has 1 N–H and O–H groups in total. The molecule has 0 rings (SSSR count). The molecule has 0 saturated heterocycles. The molecule has 0 saturated carbocycles. The summed E-state index contributed by atoms with van der Waals surface area (Å²) < 4.78 is 9.60. The summed E-state index contributed by atoms with van der Waals surface area (Å²) in [4.78, 5) is 22.9. The summed E-state index contributed by atoms with van der Waals surface area (Å²) in [7, 11) is 1.31. The summed E-state index contributed by atoms with van der Waals surface area (Å²) >= 11 is 0. The number of ether oxygens (including phenoxy) is 2. The quantitative estimate of drug-likeness (QED) is 0.656. The van der Waals surface area contributed by atoms with Crippen LogP contribution >= 0.6 is 0 Å². The van der Waals surface area contributed by atoms with Crippen LogP contribution < -0.4 is 5.32 Å². The van der Waals surface area contributed by atoms with Crippen molar-refractivity contribution in [1.82, 2.24) is 5.32 Å². The highest BCUT2D eigenvalue weighted by molar-refractivity contribution is 5.85. The van der Waals surface area contributed by atoms with Crippen molar-refractivity contribution in [3.8, 4) is 0 Å². The lowest BCUT2D eigenvalue weighted by Gasteiger charge is -2.21. The van der Waals surface area contributed by atoms with E-state index in [0.717, 1.165) is 6.42 Å². The van der Waals surface area contributed by atoms with E-state index in [1.165, 1.54) is 7.11 Å². The molecule has 0 bridgehead atoms. The number of hydrogen-bond donors (Lipinski definition) is 1. The largest absolute Gasteiger partial charge is 0.467 e. The van der Waals surface area contributed by atoms with Crippen LogP contribution in [0.3, 0.4) is 0 Å². The molecule has 0 aliphatic carbocycles. The zero-order valence-electron chi connectivity index (χ0n) is 10.4. The molecule has 0 aromatic heterocycles. The Hall–Kier alpha value is -1.10. The average Bonchev–Trinajstić information content (AvgIpc) is 2.31. The smallest absolute Gasteiger partial charge is 0.328 e. The number of carbonyl (C=O) groups excluding carboxylic acids is 2. The van der Waals surface area contributed by atoms with Gasteiger partial charge in [-0.3, -0.25) is 4.79 Å². The van der Waals surface area contributed by atoms with Gasteiger partial charge >= 0.3 is 5.97 Å². The van der Waals surface area contributed by atoms with E-state index in [1.807, 2.05) is 13.8 Å². The predicted octanol–water partition coefficient (Wildman–Crippen LogP) is 0.727. The van der Waals surface area contributed by atoms with E-state index in [2.05, 4.69) is 10.1 Å². The molecule has 0 unspecified atom stereocenters. The summed E-state index contributed by atoms with van der Waals surface area (Å²) in [5.74, 6) is -0.672. The number of amides is 1. The van der Waals surface area contributed by atoms with Crippen LogP contribution in [-0.4, -0.2) is 38.2 Å². The Morgan fingerprint density at radius 3 is 2.38 bits per heavy atom. The first-order valence-electron chi connectivity index (χ1n) is 5.51. The van der Waals surface area contributed by atoms with E-state index in [1.54, 1.807) is 6.92 Å². The highest BCUT2D eigenvalue weighted by atomic mass is 16.5. The van der Waals surface area contributed by atoms with E-state index in [-0.39, 0.29) is 18.4 Å². The molecule has 2 atom stereocenters. The number of hydrogen-bond acceptors (Lipinski definition) is 4. The van der Waals surface area contributed by atoms with Gasteiger partial charge in [-0.1, -0.05) is 20.3 Å². The van der Waals surface area contributed by atoms with Crippen molar-refractivity contribution in [2.75, 3.05) is 20.3 Å². The van der Waals surface area contributed by atoms with Crippen LogP contribution in [0.4, 0.5) is 0 Å². The molecule has 0 aromatic carbocycles. The van der Waals surface area contributed by atoms with Gasteiger partial charge in [-0.05, 0) is 12.8 Å². The topological polar surface area (TPSA) is 64.6 Å². The minimum atomic E-state index is -0.594. The van der Waals surface area contributed by atoms with Crippen LogP contribution in [0.1, 0.15) is 27.2 Å². The molecule has 0 spiro atoms. The highest BCUT2D eigenvalue weighted by Crippen LogP contribution is 2.09. The molecule has 0 fully saturated rings. The summed E-state index contributed by atoms with van der Waals surface area (Å²) in [5.41, 5.74) is 0. The molecular formula is C11H21NO4. The minimum absolute atomic E-state index is 0.0274. The van der Waals surface area contributed by atoms with E-state index in [0.29, 0.717) is 6.61 Å². The second-order valence-corrected chi connectivity index (χ2v) is 3.59. The van der Waals surface area contributed by atoms with Crippen LogP contribution in [0, 0.1) is 5.92 Å². The fourth-order valence-electron chi connectivity index (χ4n) is 1.21. The van der Waals surface area contributed by atoms with Crippen molar-refractivity contribution in [2.45, 2.75) is 33.2 Å². The van der Waals surface area contributed by atoms with Crippen LogP contribution in [0.2, 0.25) is 0 Å². The van der Waals surface area contributed by atoms with Crippen molar-refractivity contribution in [3.63, 3.8) is 0 Å². The van der Waals surface area contributed by atoms with Gasteiger partial charge in [0.15, 0.2) is 0 Å². The Labute approximate surface area is 96.5 Å². The van der Waals surface area contributed by atoms with Crippen molar-refractivity contribution in [1.29, 1.82) is 0 Å².